The number of likely N-dealkylation sites (tertiary alicyclic amines) is 1. The first-order chi connectivity index (χ1) is 11.1. The smallest absolute Gasteiger partial charge is 0.253 e. The molecule has 3 rings (SSSR count). The Morgan fingerprint density at radius 3 is 2.65 bits per heavy atom. The molecule has 1 heterocycles. The van der Waals surface area contributed by atoms with Crippen LogP contribution in [0.3, 0.4) is 0 Å². The maximum atomic E-state index is 13.1. The second-order valence-electron chi connectivity index (χ2n) is 6.01. The van der Waals surface area contributed by atoms with Gasteiger partial charge in [-0.2, -0.15) is 0 Å². The SMILES string of the molecule is O=C(c1cccc(Cl)c1)N1CCCCC(c2ccc(F)cc2)C1. The van der Waals surface area contributed by atoms with E-state index in [1.807, 2.05) is 17.0 Å². The highest BCUT2D eigenvalue weighted by Crippen LogP contribution is 2.27. The van der Waals surface area contributed by atoms with Gasteiger partial charge in [0.25, 0.3) is 5.91 Å². The second kappa shape index (κ2) is 7.14. The molecule has 0 aliphatic carbocycles. The van der Waals surface area contributed by atoms with E-state index in [9.17, 15) is 9.18 Å². The lowest BCUT2D eigenvalue weighted by Gasteiger charge is -2.25. The van der Waals surface area contributed by atoms with E-state index in [-0.39, 0.29) is 17.6 Å². The number of amides is 1. The third-order valence-corrected chi connectivity index (χ3v) is 4.61. The molecule has 2 aromatic rings. The summed E-state index contributed by atoms with van der Waals surface area (Å²) in [5.41, 5.74) is 1.72. The molecule has 1 aliphatic rings. The van der Waals surface area contributed by atoms with Crippen LogP contribution < -0.4 is 0 Å². The van der Waals surface area contributed by atoms with Crippen molar-refractivity contribution >= 4 is 17.5 Å². The third-order valence-electron chi connectivity index (χ3n) is 4.37. The Labute approximate surface area is 140 Å². The summed E-state index contributed by atoms with van der Waals surface area (Å²) in [4.78, 5) is 14.6. The minimum Gasteiger partial charge on any atom is -0.338 e. The molecular formula is C19H19ClFNO. The number of rotatable bonds is 2. The van der Waals surface area contributed by atoms with Gasteiger partial charge in [0, 0.05) is 29.6 Å². The Bertz CT molecular complexity index is 686. The predicted octanol–water partition coefficient (Wildman–Crippen LogP) is 4.89. The van der Waals surface area contributed by atoms with Crippen LogP contribution in [0.25, 0.3) is 0 Å². The lowest BCUT2D eigenvalue weighted by Crippen LogP contribution is -2.34. The van der Waals surface area contributed by atoms with Crippen molar-refractivity contribution in [3.8, 4) is 0 Å². The average molecular weight is 332 g/mol. The van der Waals surface area contributed by atoms with Crippen molar-refractivity contribution in [2.24, 2.45) is 0 Å². The summed E-state index contributed by atoms with van der Waals surface area (Å²) >= 11 is 5.99. The van der Waals surface area contributed by atoms with Crippen LogP contribution in [0.15, 0.2) is 48.5 Å². The zero-order valence-electron chi connectivity index (χ0n) is 12.8. The van der Waals surface area contributed by atoms with Gasteiger partial charge in [-0.1, -0.05) is 36.2 Å². The number of carbonyl (C=O) groups excluding carboxylic acids is 1. The zero-order valence-corrected chi connectivity index (χ0v) is 13.6. The van der Waals surface area contributed by atoms with Crippen molar-refractivity contribution in [2.75, 3.05) is 13.1 Å². The van der Waals surface area contributed by atoms with E-state index in [1.165, 1.54) is 12.1 Å². The Kier molecular flexibility index (Phi) is 4.97. The van der Waals surface area contributed by atoms with Gasteiger partial charge in [-0.25, -0.2) is 4.39 Å². The van der Waals surface area contributed by atoms with Crippen molar-refractivity contribution in [1.82, 2.24) is 4.90 Å². The largest absolute Gasteiger partial charge is 0.338 e. The molecule has 4 heteroatoms. The number of hydrogen-bond acceptors (Lipinski definition) is 1. The quantitative estimate of drug-likeness (QED) is 0.767. The fourth-order valence-corrected chi connectivity index (χ4v) is 3.33. The first-order valence-electron chi connectivity index (χ1n) is 7.94. The minimum absolute atomic E-state index is 0.0153. The number of carbonyl (C=O) groups is 1. The number of nitrogens with zero attached hydrogens (tertiary/aromatic N) is 1. The van der Waals surface area contributed by atoms with Gasteiger partial charge in [-0.05, 0) is 48.7 Å². The maximum absolute atomic E-state index is 13.1. The first kappa shape index (κ1) is 16.0. The predicted molar refractivity (Wildman–Crippen MR) is 90.3 cm³/mol. The molecule has 1 saturated heterocycles. The first-order valence-corrected chi connectivity index (χ1v) is 8.31. The van der Waals surface area contributed by atoms with E-state index < -0.39 is 0 Å². The Morgan fingerprint density at radius 2 is 1.91 bits per heavy atom. The van der Waals surface area contributed by atoms with E-state index >= 15 is 0 Å². The molecule has 1 aliphatic heterocycles. The molecular weight excluding hydrogens is 313 g/mol. The molecule has 0 N–H and O–H groups in total. The highest BCUT2D eigenvalue weighted by atomic mass is 35.5. The fraction of sp³-hybridized carbons (Fsp3) is 0.316. The summed E-state index contributed by atoms with van der Waals surface area (Å²) < 4.78 is 13.1. The number of hydrogen-bond donors (Lipinski definition) is 0. The summed E-state index contributed by atoms with van der Waals surface area (Å²) in [6, 6.07) is 13.7. The van der Waals surface area contributed by atoms with Crippen LogP contribution in [-0.4, -0.2) is 23.9 Å². The van der Waals surface area contributed by atoms with Crippen LogP contribution in [0.1, 0.15) is 41.1 Å². The van der Waals surface area contributed by atoms with E-state index in [1.54, 1.807) is 24.3 Å². The van der Waals surface area contributed by atoms with Gasteiger partial charge in [0.05, 0.1) is 0 Å². The summed E-state index contributed by atoms with van der Waals surface area (Å²) in [6.07, 6.45) is 3.08. The molecule has 1 atom stereocenters. The zero-order chi connectivity index (χ0) is 16.2. The lowest BCUT2D eigenvalue weighted by molar-refractivity contribution is 0.0754. The summed E-state index contributed by atoms with van der Waals surface area (Å²) in [5, 5.41) is 0.570. The van der Waals surface area contributed by atoms with Gasteiger partial charge >= 0.3 is 0 Å². The van der Waals surface area contributed by atoms with E-state index in [2.05, 4.69) is 0 Å². The van der Waals surface area contributed by atoms with Gasteiger partial charge in [0.15, 0.2) is 0 Å². The molecule has 23 heavy (non-hydrogen) atoms. The van der Waals surface area contributed by atoms with Crippen molar-refractivity contribution in [1.29, 1.82) is 0 Å². The van der Waals surface area contributed by atoms with Gasteiger partial charge in [-0.15, -0.1) is 0 Å². The minimum atomic E-state index is -0.228. The topological polar surface area (TPSA) is 20.3 Å². The molecule has 0 radical (unpaired) electrons. The monoisotopic (exact) mass is 331 g/mol. The van der Waals surface area contributed by atoms with Crippen LogP contribution in [-0.2, 0) is 0 Å². The third kappa shape index (κ3) is 3.91. The molecule has 2 nitrogen and oxygen atoms in total. The van der Waals surface area contributed by atoms with Crippen LogP contribution in [0.2, 0.25) is 5.02 Å². The second-order valence-corrected chi connectivity index (χ2v) is 6.44. The molecule has 0 bridgehead atoms. The highest BCUT2D eigenvalue weighted by molar-refractivity contribution is 6.30. The maximum Gasteiger partial charge on any atom is 0.253 e. The molecule has 0 aromatic heterocycles. The van der Waals surface area contributed by atoms with Crippen molar-refractivity contribution in [3.05, 3.63) is 70.5 Å². The van der Waals surface area contributed by atoms with Gasteiger partial charge in [-0.3, -0.25) is 4.79 Å². The molecule has 120 valence electrons. The van der Waals surface area contributed by atoms with E-state index in [0.29, 0.717) is 17.1 Å². The van der Waals surface area contributed by atoms with Gasteiger partial charge < -0.3 is 4.90 Å². The number of benzene rings is 2. The summed E-state index contributed by atoms with van der Waals surface area (Å²) in [6.45, 7) is 1.42. The van der Waals surface area contributed by atoms with Crippen molar-refractivity contribution < 1.29 is 9.18 Å². The highest BCUT2D eigenvalue weighted by Gasteiger charge is 2.24. The lowest BCUT2D eigenvalue weighted by atomic mass is 9.94. The van der Waals surface area contributed by atoms with Crippen LogP contribution in [0.4, 0.5) is 4.39 Å². The summed E-state index contributed by atoms with van der Waals surface area (Å²) in [5.74, 6) is 0.0389. The molecule has 2 aromatic carbocycles. The van der Waals surface area contributed by atoms with E-state index in [0.717, 1.165) is 31.4 Å². The van der Waals surface area contributed by atoms with Crippen LogP contribution in [0.5, 0.6) is 0 Å². The average Bonchev–Trinajstić information content (AvgIpc) is 2.81. The molecule has 1 fully saturated rings. The Hall–Kier alpha value is -1.87. The van der Waals surface area contributed by atoms with Crippen molar-refractivity contribution in [3.63, 3.8) is 0 Å². The van der Waals surface area contributed by atoms with Crippen LogP contribution >= 0.6 is 11.6 Å². The van der Waals surface area contributed by atoms with Crippen LogP contribution in [0, 0.1) is 5.82 Å². The van der Waals surface area contributed by atoms with Gasteiger partial charge in [0.2, 0.25) is 0 Å². The molecule has 1 amide bonds. The van der Waals surface area contributed by atoms with E-state index in [4.69, 9.17) is 11.6 Å². The van der Waals surface area contributed by atoms with Gasteiger partial charge in [0.1, 0.15) is 5.82 Å². The standard InChI is InChI=1S/C19H19ClFNO/c20-17-6-3-5-15(12-17)19(23)22-11-2-1-4-16(13-22)14-7-9-18(21)10-8-14/h3,5-10,12,16H,1-2,4,11,13H2. The Balaban J connectivity index is 1.79. The number of halogens is 2. The summed E-state index contributed by atoms with van der Waals surface area (Å²) in [7, 11) is 0. The van der Waals surface area contributed by atoms with Crippen molar-refractivity contribution in [2.45, 2.75) is 25.2 Å². The Morgan fingerprint density at radius 1 is 1.13 bits per heavy atom. The fourth-order valence-electron chi connectivity index (χ4n) is 3.14. The molecule has 1 unspecified atom stereocenters. The molecule has 0 saturated carbocycles. The molecule has 0 spiro atoms. The normalized spacial score (nSPS) is 18.5.